The van der Waals surface area contributed by atoms with E-state index in [1.165, 1.54) is 14.2 Å². The molecule has 2 rings (SSSR count). The van der Waals surface area contributed by atoms with Crippen LogP contribution in [0.25, 0.3) is 0 Å². The zero-order chi connectivity index (χ0) is 19.8. The van der Waals surface area contributed by atoms with Crippen molar-refractivity contribution in [3.05, 3.63) is 47.2 Å². The number of aromatic hydroxyl groups is 1. The van der Waals surface area contributed by atoms with Crippen LogP contribution in [0.3, 0.4) is 0 Å². The van der Waals surface area contributed by atoms with Crippen molar-refractivity contribution >= 4 is 25.1 Å². The van der Waals surface area contributed by atoms with Gasteiger partial charge in [0.25, 0.3) is 0 Å². The van der Waals surface area contributed by atoms with Crippen molar-refractivity contribution in [2.24, 2.45) is 0 Å². The average molecular weight is 478 g/mol. The zero-order valence-electron chi connectivity index (χ0n) is 18.3. The molecule has 0 bridgehead atoms. The number of allylic oxidation sites excluding steroid dienone is 4. The monoisotopic (exact) mass is 477 g/mol. The Morgan fingerprint density at radius 2 is 1.44 bits per heavy atom. The standard InChI is InChI=1S/C10H16OSi.C8H13Si.C3H6.2ClH.Ti/c1-8-5-9(11)7-10(6-8)12(2,3)4;1-9(2,3)8-6-4-5-7-8;1-3-2;;;/h5-7,11H,1-4H3;4,6H,5H2,1-3H3;1-2H3;2*1H;/q;-1;;;;+1/p-2. The second-order valence-corrected chi connectivity index (χ2v) is 20.4. The predicted molar refractivity (Wildman–Crippen MR) is 116 cm³/mol. The Morgan fingerprint density at radius 1 is 0.963 bits per heavy atom. The SMILES string of the molecule is C[C](C)=[Ti+].C[Si](C)(C)C1=[C-]CC=C1.Cc1cc(O)cc([Si](C)(C)C)c1.[Cl-].[Cl-]. The first-order valence-corrected chi connectivity index (χ1v) is 16.6. The van der Waals surface area contributed by atoms with Crippen LogP contribution in [0.4, 0.5) is 0 Å². The molecule has 6 heteroatoms. The van der Waals surface area contributed by atoms with Crippen LogP contribution in [0, 0.1) is 13.0 Å². The third-order valence-electron chi connectivity index (χ3n) is 3.43. The van der Waals surface area contributed by atoms with Gasteiger partial charge in [0.15, 0.2) is 0 Å². The average Bonchev–Trinajstić information content (AvgIpc) is 2.89. The topological polar surface area (TPSA) is 20.2 Å². The summed E-state index contributed by atoms with van der Waals surface area (Å²) in [5.41, 5.74) is 1.15. The Balaban J connectivity index is -0.000000343. The Bertz CT molecular complexity index is 618. The van der Waals surface area contributed by atoms with E-state index in [9.17, 15) is 5.11 Å². The molecule has 0 aromatic heterocycles. The van der Waals surface area contributed by atoms with Gasteiger partial charge in [0.05, 0.1) is 8.07 Å². The van der Waals surface area contributed by atoms with Gasteiger partial charge in [-0.15, -0.1) is 6.42 Å². The zero-order valence-corrected chi connectivity index (χ0v) is 23.4. The number of phenols is 1. The summed E-state index contributed by atoms with van der Waals surface area (Å²) in [7, 11) is -2.26. The molecule has 0 radical (unpaired) electrons. The number of aryl methyl sites for hydroxylation is 1. The molecule has 0 atom stereocenters. The smallest absolute Gasteiger partial charge is 0.115 e. The van der Waals surface area contributed by atoms with Gasteiger partial charge in [0, 0.05) is 8.07 Å². The summed E-state index contributed by atoms with van der Waals surface area (Å²) in [6.07, 6.45) is 8.82. The fourth-order valence-electron chi connectivity index (χ4n) is 2.12. The first-order valence-electron chi connectivity index (χ1n) is 8.84. The summed E-state index contributed by atoms with van der Waals surface area (Å²) in [6, 6.07) is 5.86. The maximum absolute atomic E-state index is 9.38. The van der Waals surface area contributed by atoms with Crippen LogP contribution < -0.4 is 30.0 Å². The molecule has 0 spiro atoms. The fourth-order valence-corrected chi connectivity index (χ4v) is 4.61. The van der Waals surface area contributed by atoms with Gasteiger partial charge in [-0.05, 0) is 24.6 Å². The van der Waals surface area contributed by atoms with E-state index < -0.39 is 16.1 Å². The van der Waals surface area contributed by atoms with Crippen LogP contribution in [0.1, 0.15) is 25.8 Å². The second-order valence-electron chi connectivity index (χ2n) is 8.75. The van der Waals surface area contributed by atoms with E-state index in [1.807, 2.05) is 13.0 Å². The van der Waals surface area contributed by atoms with Gasteiger partial charge in [-0.1, -0.05) is 50.5 Å². The molecule has 27 heavy (non-hydrogen) atoms. The van der Waals surface area contributed by atoms with Gasteiger partial charge in [0.1, 0.15) is 5.75 Å². The Morgan fingerprint density at radius 3 is 1.70 bits per heavy atom. The fraction of sp³-hybridized carbons (Fsp3) is 0.476. The van der Waals surface area contributed by atoms with E-state index >= 15 is 0 Å². The van der Waals surface area contributed by atoms with Gasteiger partial charge in [0.2, 0.25) is 0 Å². The molecule has 0 fully saturated rings. The number of benzene rings is 1. The third kappa shape index (κ3) is 15.7. The quantitative estimate of drug-likeness (QED) is 0.452. The Hall–Kier alpha value is 0.0981. The van der Waals surface area contributed by atoms with Crippen molar-refractivity contribution in [3.8, 4) is 5.75 Å². The normalized spacial score (nSPS) is 12.3. The maximum Gasteiger partial charge on any atom is 0.115 e. The van der Waals surface area contributed by atoms with Crippen molar-refractivity contribution < 1.29 is 49.9 Å². The molecule has 0 saturated heterocycles. The molecule has 1 nitrogen and oxygen atoms in total. The van der Waals surface area contributed by atoms with Crippen LogP contribution >= 0.6 is 0 Å². The minimum Gasteiger partial charge on any atom is -1.00 e. The van der Waals surface area contributed by atoms with Gasteiger partial charge in [-0.2, -0.15) is 6.08 Å². The Kier molecular flexibility index (Phi) is 16.6. The molecule has 0 unspecified atom stereocenters. The molecular weight excluding hydrogens is 443 g/mol. The Labute approximate surface area is 193 Å². The second kappa shape index (κ2) is 14.1. The molecule has 1 aromatic carbocycles. The summed E-state index contributed by atoms with van der Waals surface area (Å²) in [5.74, 6) is 0.396. The number of halogens is 2. The van der Waals surface area contributed by atoms with Gasteiger partial charge in [-0.25, -0.2) is 11.3 Å². The van der Waals surface area contributed by atoms with Crippen LogP contribution in [0.5, 0.6) is 5.75 Å². The molecule has 0 amide bonds. The van der Waals surface area contributed by atoms with E-state index in [1.54, 1.807) is 6.07 Å². The minimum absolute atomic E-state index is 0. The van der Waals surface area contributed by atoms with Gasteiger partial charge < -0.3 is 29.9 Å². The van der Waals surface area contributed by atoms with Crippen LogP contribution in [-0.2, 0) is 20.0 Å². The summed E-state index contributed by atoms with van der Waals surface area (Å²) in [6.45, 7) is 20.1. The minimum atomic E-state index is -1.26. The van der Waals surface area contributed by atoms with Crippen LogP contribution in [0.15, 0.2) is 35.5 Å². The van der Waals surface area contributed by atoms with E-state index in [2.05, 4.69) is 97.4 Å². The molecule has 153 valence electrons. The molecule has 1 N–H and O–H groups in total. The first-order chi connectivity index (χ1) is 11.2. The van der Waals surface area contributed by atoms with E-state index in [-0.39, 0.29) is 24.8 Å². The third-order valence-corrected chi connectivity index (χ3v) is 7.41. The summed E-state index contributed by atoms with van der Waals surface area (Å²) >= 11 is 2.08. The molecular formula is C21H35Cl2OSi2Ti-2. The summed E-state index contributed by atoms with van der Waals surface area (Å²) in [4.78, 5) is 0. The molecule has 0 aliphatic heterocycles. The molecule has 0 heterocycles. The predicted octanol–water partition coefficient (Wildman–Crippen LogP) is -0.447. The summed E-state index contributed by atoms with van der Waals surface area (Å²) in [5, 5.41) is 12.2. The van der Waals surface area contributed by atoms with Crippen molar-refractivity contribution in [1.82, 2.24) is 0 Å². The van der Waals surface area contributed by atoms with Gasteiger partial charge >= 0.3 is 37.6 Å². The molecule has 1 aliphatic carbocycles. The molecule has 1 aromatic rings. The first kappa shape index (κ1) is 31.8. The van der Waals surface area contributed by atoms with Crippen molar-refractivity contribution in [1.29, 1.82) is 0 Å². The van der Waals surface area contributed by atoms with Crippen LogP contribution in [-0.4, -0.2) is 25.1 Å². The van der Waals surface area contributed by atoms with Crippen molar-refractivity contribution in [3.63, 3.8) is 0 Å². The molecule has 0 saturated carbocycles. The van der Waals surface area contributed by atoms with Crippen molar-refractivity contribution in [2.45, 2.75) is 66.5 Å². The summed E-state index contributed by atoms with van der Waals surface area (Å²) < 4.78 is 1.42. The van der Waals surface area contributed by atoms with Crippen LogP contribution in [0.2, 0.25) is 39.3 Å². The number of hydrogen-bond acceptors (Lipinski definition) is 1. The van der Waals surface area contributed by atoms with Gasteiger partial charge in [-0.3, -0.25) is 6.08 Å². The maximum atomic E-state index is 9.38. The van der Waals surface area contributed by atoms with E-state index in [0.29, 0.717) is 5.75 Å². The van der Waals surface area contributed by atoms with E-state index in [4.69, 9.17) is 0 Å². The van der Waals surface area contributed by atoms with E-state index in [0.717, 1.165) is 12.0 Å². The number of phenolic OH excluding ortho intramolecular Hbond substituents is 1. The largest absolute Gasteiger partial charge is 1.00 e. The van der Waals surface area contributed by atoms with Crippen molar-refractivity contribution in [2.75, 3.05) is 0 Å². The molecule has 1 aliphatic rings. The number of hydrogen-bond donors (Lipinski definition) is 1. The number of rotatable bonds is 2.